The second-order valence-electron chi connectivity index (χ2n) is 7.33. The highest BCUT2D eigenvalue weighted by molar-refractivity contribution is 5.80. The van der Waals surface area contributed by atoms with Crippen molar-refractivity contribution < 1.29 is 13.2 Å². The van der Waals surface area contributed by atoms with E-state index in [1.807, 2.05) is 37.3 Å². The molecule has 1 unspecified atom stereocenters. The van der Waals surface area contributed by atoms with Crippen LogP contribution in [-0.2, 0) is 6.54 Å². The van der Waals surface area contributed by atoms with Gasteiger partial charge >= 0.3 is 0 Å². The lowest BCUT2D eigenvalue weighted by atomic mass is 10.2. The Morgan fingerprint density at radius 2 is 1.94 bits per heavy atom. The minimum Gasteiger partial charge on any atom is -0.439 e. The molecule has 2 heterocycles. The number of rotatable bonds is 6. The second kappa shape index (κ2) is 9.59. The lowest BCUT2D eigenvalue weighted by Gasteiger charge is -2.21. The van der Waals surface area contributed by atoms with Gasteiger partial charge < -0.3 is 20.0 Å². The SMILES string of the molecule is CCNC(=NCc1ncc(-c2ccccc2)o1)NC1CCN(c2c(F)cccc2F)C1. The zero-order chi connectivity index (χ0) is 21.6. The van der Waals surface area contributed by atoms with Crippen LogP contribution in [-0.4, -0.2) is 36.6 Å². The zero-order valence-electron chi connectivity index (χ0n) is 17.3. The molecule has 1 aromatic heterocycles. The summed E-state index contributed by atoms with van der Waals surface area (Å²) in [6.45, 7) is 3.99. The number of hydrogen-bond donors (Lipinski definition) is 2. The molecule has 4 rings (SSSR count). The number of aromatic nitrogens is 1. The summed E-state index contributed by atoms with van der Waals surface area (Å²) >= 11 is 0. The van der Waals surface area contributed by atoms with Crippen LogP contribution in [0.1, 0.15) is 19.2 Å². The minimum atomic E-state index is -0.542. The first-order chi connectivity index (χ1) is 15.1. The first kappa shape index (κ1) is 20.8. The highest BCUT2D eigenvalue weighted by atomic mass is 19.1. The molecule has 1 fully saturated rings. The maximum atomic E-state index is 14.1. The molecule has 1 atom stereocenters. The second-order valence-corrected chi connectivity index (χ2v) is 7.33. The van der Waals surface area contributed by atoms with Crippen LogP contribution in [0.3, 0.4) is 0 Å². The summed E-state index contributed by atoms with van der Waals surface area (Å²) < 4.78 is 34.0. The minimum absolute atomic E-state index is 0.0150. The van der Waals surface area contributed by atoms with E-state index in [1.165, 1.54) is 18.2 Å². The molecule has 0 spiro atoms. The van der Waals surface area contributed by atoms with Gasteiger partial charge in [0, 0.05) is 31.2 Å². The lowest BCUT2D eigenvalue weighted by molar-refractivity contribution is 0.508. The van der Waals surface area contributed by atoms with Crippen molar-refractivity contribution in [2.75, 3.05) is 24.5 Å². The van der Waals surface area contributed by atoms with Crippen LogP contribution in [0, 0.1) is 11.6 Å². The highest BCUT2D eigenvalue weighted by Gasteiger charge is 2.27. The Labute approximate surface area is 180 Å². The van der Waals surface area contributed by atoms with Gasteiger partial charge in [0.1, 0.15) is 23.9 Å². The van der Waals surface area contributed by atoms with Crippen LogP contribution in [0.15, 0.2) is 64.1 Å². The van der Waals surface area contributed by atoms with Crippen LogP contribution >= 0.6 is 0 Å². The Morgan fingerprint density at radius 3 is 2.68 bits per heavy atom. The lowest BCUT2D eigenvalue weighted by Crippen LogP contribution is -2.44. The van der Waals surface area contributed by atoms with Crippen molar-refractivity contribution in [1.82, 2.24) is 15.6 Å². The van der Waals surface area contributed by atoms with E-state index in [9.17, 15) is 8.78 Å². The predicted molar refractivity (Wildman–Crippen MR) is 117 cm³/mol. The molecule has 1 aliphatic heterocycles. The van der Waals surface area contributed by atoms with Crippen molar-refractivity contribution in [3.05, 3.63) is 72.3 Å². The highest BCUT2D eigenvalue weighted by Crippen LogP contribution is 2.26. The largest absolute Gasteiger partial charge is 0.439 e. The van der Waals surface area contributed by atoms with Crippen LogP contribution < -0.4 is 15.5 Å². The number of guanidine groups is 1. The molecule has 2 aromatic carbocycles. The molecule has 0 saturated carbocycles. The summed E-state index contributed by atoms with van der Waals surface area (Å²) in [4.78, 5) is 10.6. The number of benzene rings is 2. The van der Waals surface area contributed by atoms with Gasteiger partial charge in [-0.15, -0.1) is 0 Å². The molecule has 162 valence electrons. The molecule has 0 aliphatic carbocycles. The van der Waals surface area contributed by atoms with E-state index in [0.717, 1.165) is 12.0 Å². The quantitative estimate of drug-likeness (QED) is 0.462. The van der Waals surface area contributed by atoms with Gasteiger partial charge in [0.15, 0.2) is 11.7 Å². The molecule has 0 radical (unpaired) electrons. The van der Waals surface area contributed by atoms with Crippen LogP contribution in [0.5, 0.6) is 0 Å². The predicted octanol–water partition coefficient (Wildman–Crippen LogP) is 3.95. The fourth-order valence-electron chi connectivity index (χ4n) is 3.65. The van der Waals surface area contributed by atoms with Crippen LogP contribution in [0.2, 0.25) is 0 Å². The van der Waals surface area contributed by atoms with Gasteiger partial charge in [0.25, 0.3) is 0 Å². The Hall–Kier alpha value is -3.42. The van der Waals surface area contributed by atoms with Crippen molar-refractivity contribution in [2.24, 2.45) is 4.99 Å². The number of nitrogens with zero attached hydrogens (tertiary/aromatic N) is 3. The summed E-state index contributed by atoms with van der Waals surface area (Å²) in [6, 6.07) is 13.7. The fourth-order valence-corrected chi connectivity index (χ4v) is 3.65. The van der Waals surface area contributed by atoms with E-state index in [0.29, 0.717) is 37.2 Å². The number of hydrogen-bond acceptors (Lipinski definition) is 4. The maximum absolute atomic E-state index is 14.1. The Balaban J connectivity index is 1.39. The Bertz CT molecular complexity index is 1020. The number of para-hydroxylation sites is 1. The van der Waals surface area contributed by atoms with Crippen LogP contribution in [0.4, 0.5) is 14.5 Å². The molecule has 31 heavy (non-hydrogen) atoms. The average Bonchev–Trinajstić information content (AvgIpc) is 3.43. The van der Waals surface area contributed by atoms with Gasteiger partial charge in [0.05, 0.1) is 6.20 Å². The summed E-state index contributed by atoms with van der Waals surface area (Å²) in [5.41, 5.74) is 0.989. The zero-order valence-corrected chi connectivity index (χ0v) is 17.3. The van der Waals surface area contributed by atoms with Gasteiger partial charge in [-0.25, -0.2) is 18.8 Å². The van der Waals surface area contributed by atoms with E-state index in [1.54, 1.807) is 11.1 Å². The average molecular weight is 425 g/mol. The summed E-state index contributed by atoms with van der Waals surface area (Å²) in [5.74, 6) is 0.737. The number of halogens is 2. The first-order valence-electron chi connectivity index (χ1n) is 10.4. The molecule has 0 amide bonds. The smallest absolute Gasteiger partial charge is 0.216 e. The van der Waals surface area contributed by atoms with Gasteiger partial charge in [-0.1, -0.05) is 36.4 Å². The summed E-state index contributed by atoms with van der Waals surface area (Å²) in [6.07, 6.45) is 2.44. The number of aliphatic imine (C=N–C) groups is 1. The number of anilines is 1. The molecule has 6 nitrogen and oxygen atoms in total. The van der Waals surface area contributed by atoms with Crippen molar-refractivity contribution >= 4 is 11.6 Å². The third-order valence-corrected chi connectivity index (χ3v) is 5.11. The Morgan fingerprint density at radius 1 is 1.16 bits per heavy atom. The molecule has 1 saturated heterocycles. The first-order valence-corrected chi connectivity index (χ1v) is 10.4. The van der Waals surface area contributed by atoms with E-state index >= 15 is 0 Å². The van der Waals surface area contributed by atoms with Crippen LogP contribution in [0.25, 0.3) is 11.3 Å². The normalized spacial score (nSPS) is 16.5. The molecular weight excluding hydrogens is 400 g/mol. The van der Waals surface area contributed by atoms with Gasteiger partial charge in [0.2, 0.25) is 5.89 Å². The van der Waals surface area contributed by atoms with Crippen molar-refractivity contribution in [3.8, 4) is 11.3 Å². The summed E-state index contributed by atoms with van der Waals surface area (Å²) in [5, 5.41) is 6.55. The molecule has 0 bridgehead atoms. The monoisotopic (exact) mass is 425 g/mol. The van der Waals surface area contributed by atoms with E-state index in [4.69, 9.17) is 4.42 Å². The topological polar surface area (TPSA) is 65.7 Å². The third-order valence-electron chi connectivity index (χ3n) is 5.11. The third kappa shape index (κ3) is 5.02. The van der Waals surface area contributed by atoms with E-state index in [2.05, 4.69) is 20.6 Å². The van der Waals surface area contributed by atoms with Gasteiger partial charge in [-0.3, -0.25) is 0 Å². The fraction of sp³-hybridized carbons (Fsp3) is 0.304. The van der Waals surface area contributed by atoms with Crippen molar-refractivity contribution in [2.45, 2.75) is 25.9 Å². The maximum Gasteiger partial charge on any atom is 0.216 e. The summed E-state index contributed by atoms with van der Waals surface area (Å²) in [7, 11) is 0. The van der Waals surface area contributed by atoms with Gasteiger partial charge in [-0.05, 0) is 25.5 Å². The Kier molecular flexibility index (Phi) is 6.45. The van der Waals surface area contributed by atoms with Crippen molar-refractivity contribution in [1.29, 1.82) is 0 Å². The standard InChI is InChI=1S/C23H25F2N5O/c1-2-26-23(28-14-21-27-13-20(31-21)16-7-4-3-5-8-16)29-17-11-12-30(15-17)22-18(24)9-6-10-19(22)25/h3-10,13,17H,2,11-12,14-15H2,1H3,(H2,26,28,29). The van der Waals surface area contributed by atoms with Gasteiger partial charge in [-0.2, -0.15) is 0 Å². The number of oxazole rings is 1. The molecule has 3 aromatic rings. The van der Waals surface area contributed by atoms with Crippen molar-refractivity contribution in [3.63, 3.8) is 0 Å². The molecule has 2 N–H and O–H groups in total. The molecular formula is C23H25F2N5O. The number of nitrogens with one attached hydrogen (secondary N) is 2. The van der Waals surface area contributed by atoms with E-state index in [-0.39, 0.29) is 18.3 Å². The van der Waals surface area contributed by atoms with E-state index < -0.39 is 11.6 Å². The molecule has 1 aliphatic rings. The molecule has 8 heteroatoms.